The van der Waals surface area contributed by atoms with Crippen LogP contribution in [0.2, 0.25) is 0 Å². The summed E-state index contributed by atoms with van der Waals surface area (Å²) in [5, 5.41) is 17.2. The molecule has 11 heteroatoms. The van der Waals surface area contributed by atoms with Crippen molar-refractivity contribution in [3.8, 4) is 11.5 Å². The van der Waals surface area contributed by atoms with Gasteiger partial charge >= 0.3 is 11.9 Å². The van der Waals surface area contributed by atoms with Crippen LogP contribution in [0, 0.1) is 10.8 Å². The van der Waals surface area contributed by atoms with E-state index < -0.39 is 34.4 Å². The number of amides is 2. The second-order valence-electron chi connectivity index (χ2n) is 14.0. The summed E-state index contributed by atoms with van der Waals surface area (Å²) in [5.41, 5.74) is -1.22. The third-order valence-electron chi connectivity index (χ3n) is 6.91. The van der Waals surface area contributed by atoms with Gasteiger partial charge in [0, 0.05) is 30.7 Å². The minimum Gasteiger partial charge on any atom is -0.422 e. The Hall–Kier alpha value is -3.28. The molecule has 0 bridgehead atoms. The van der Waals surface area contributed by atoms with Gasteiger partial charge in [-0.25, -0.2) is 0 Å². The number of hydrogen-bond acceptors (Lipinski definition) is 8. The SMILES string of the molecule is Br.CCCCN(CC(=O)NCC(C)(C)NCC(O)c1ccc(OC(=O)C(C)(C)C)c(OC(=O)C(C)(C)C)c1)C(=O)c1ccccc1. The number of halogens is 1. The van der Waals surface area contributed by atoms with Crippen LogP contribution in [0.4, 0.5) is 0 Å². The first-order chi connectivity index (χ1) is 20.8. The van der Waals surface area contributed by atoms with Crippen molar-refractivity contribution in [2.45, 2.75) is 86.8 Å². The highest BCUT2D eigenvalue weighted by molar-refractivity contribution is 8.93. The standard InChI is InChI=1S/C35H51N3O7.BrH/c1-10-11-19-38(30(41)24-15-13-12-14-16-24)22-29(40)36-23-35(8,9)37-21-26(39)25-17-18-27(44-31(42)33(2,3)4)28(20-25)45-32(43)34(5,6)7;/h12-18,20,26,37,39H,10-11,19,21-23H2,1-9H3,(H,36,40);1H. The van der Waals surface area contributed by atoms with Gasteiger partial charge < -0.3 is 30.1 Å². The third-order valence-corrected chi connectivity index (χ3v) is 6.91. The van der Waals surface area contributed by atoms with E-state index in [0.717, 1.165) is 12.8 Å². The van der Waals surface area contributed by atoms with Crippen molar-refractivity contribution in [2.24, 2.45) is 10.8 Å². The Morgan fingerprint density at radius 3 is 1.96 bits per heavy atom. The van der Waals surface area contributed by atoms with E-state index in [0.29, 0.717) is 17.7 Å². The van der Waals surface area contributed by atoms with Gasteiger partial charge in [-0.3, -0.25) is 19.2 Å². The van der Waals surface area contributed by atoms with E-state index in [-0.39, 0.29) is 59.9 Å². The van der Waals surface area contributed by atoms with E-state index in [2.05, 4.69) is 10.6 Å². The van der Waals surface area contributed by atoms with Gasteiger partial charge in [-0.05, 0) is 91.6 Å². The molecular weight excluding hydrogens is 654 g/mol. The highest BCUT2D eigenvalue weighted by Crippen LogP contribution is 2.34. The van der Waals surface area contributed by atoms with Crippen LogP contribution in [-0.4, -0.2) is 65.5 Å². The Kier molecular flexibility index (Phi) is 15.6. The Morgan fingerprint density at radius 1 is 0.848 bits per heavy atom. The number of hydrogen-bond donors (Lipinski definition) is 3. The monoisotopic (exact) mass is 705 g/mol. The van der Waals surface area contributed by atoms with Crippen LogP contribution < -0.4 is 20.1 Å². The zero-order chi connectivity index (χ0) is 34.0. The number of ether oxygens (including phenoxy) is 2. The van der Waals surface area contributed by atoms with E-state index in [1.165, 1.54) is 12.1 Å². The first kappa shape index (κ1) is 40.7. The molecule has 2 rings (SSSR count). The Morgan fingerprint density at radius 2 is 1.41 bits per heavy atom. The largest absolute Gasteiger partial charge is 0.422 e. The first-order valence-corrected chi connectivity index (χ1v) is 15.5. The fraction of sp³-hybridized carbons (Fsp3) is 0.543. The smallest absolute Gasteiger partial charge is 0.316 e. The van der Waals surface area contributed by atoms with Gasteiger partial charge in [-0.15, -0.1) is 17.0 Å². The lowest BCUT2D eigenvalue weighted by atomic mass is 9.97. The summed E-state index contributed by atoms with van der Waals surface area (Å²) in [6.07, 6.45) is 0.672. The Bertz CT molecular complexity index is 1320. The zero-order valence-corrected chi connectivity index (χ0v) is 30.4. The van der Waals surface area contributed by atoms with Gasteiger partial charge in [-0.1, -0.05) is 37.6 Å². The molecule has 0 saturated carbocycles. The topological polar surface area (TPSA) is 134 Å². The summed E-state index contributed by atoms with van der Waals surface area (Å²) < 4.78 is 11.1. The quantitative estimate of drug-likeness (QED) is 0.170. The lowest BCUT2D eigenvalue weighted by Crippen LogP contribution is -2.52. The highest BCUT2D eigenvalue weighted by Gasteiger charge is 2.29. The second kappa shape index (κ2) is 17.6. The third kappa shape index (κ3) is 13.2. The number of unbranched alkanes of at least 4 members (excludes halogenated alkanes) is 1. The van der Waals surface area contributed by atoms with Crippen LogP contribution in [0.3, 0.4) is 0 Å². The van der Waals surface area contributed by atoms with Gasteiger partial charge in [0.2, 0.25) is 5.91 Å². The summed E-state index contributed by atoms with van der Waals surface area (Å²) in [6, 6.07) is 13.5. The molecule has 0 saturated heterocycles. The van der Waals surface area contributed by atoms with Crippen molar-refractivity contribution in [2.75, 3.05) is 26.2 Å². The number of benzene rings is 2. The molecule has 0 aliphatic heterocycles. The lowest BCUT2D eigenvalue weighted by Gasteiger charge is -2.29. The number of nitrogens with one attached hydrogen (secondary N) is 2. The average Bonchev–Trinajstić information content (AvgIpc) is 2.97. The molecule has 0 radical (unpaired) electrons. The van der Waals surface area contributed by atoms with Gasteiger partial charge in [0.15, 0.2) is 11.5 Å². The molecule has 3 N–H and O–H groups in total. The molecule has 1 atom stereocenters. The molecule has 10 nitrogen and oxygen atoms in total. The maximum atomic E-state index is 13.0. The van der Waals surface area contributed by atoms with Gasteiger partial charge in [0.1, 0.15) is 0 Å². The fourth-order valence-electron chi connectivity index (χ4n) is 3.87. The number of β-amino-alcohol motifs (C(OH)–C–C–N with tert-alkyl or cyclic N) is 1. The molecule has 1 unspecified atom stereocenters. The van der Waals surface area contributed by atoms with Crippen molar-refractivity contribution in [3.63, 3.8) is 0 Å². The summed E-state index contributed by atoms with van der Waals surface area (Å²) in [4.78, 5) is 52.6. The van der Waals surface area contributed by atoms with Crippen LogP contribution in [-0.2, 0) is 14.4 Å². The summed E-state index contributed by atoms with van der Waals surface area (Å²) in [6.45, 7) is 16.9. The summed E-state index contributed by atoms with van der Waals surface area (Å²) in [7, 11) is 0. The number of rotatable bonds is 14. The van der Waals surface area contributed by atoms with Gasteiger partial charge in [0.25, 0.3) is 5.91 Å². The number of esters is 2. The van der Waals surface area contributed by atoms with E-state index in [9.17, 15) is 24.3 Å². The van der Waals surface area contributed by atoms with Crippen LogP contribution in [0.1, 0.15) is 97.2 Å². The molecule has 0 spiro atoms. The molecule has 0 aliphatic carbocycles. The molecule has 0 aromatic heterocycles. The van der Waals surface area contributed by atoms with E-state index in [1.807, 2.05) is 26.8 Å². The predicted octanol–water partition coefficient (Wildman–Crippen LogP) is 5.63. The van der Waals surface area contributed by atoms with Crippen molar-refractivity contribution < 1.29 is 33.8 Å². The summed E-state index contributed by atoms with van der Waals surface area (Å²) in [5.74, 6) is -1.36. The highest BCUT2D eigenvalue weighted by atomic mass is 79.9. The number of nitrogens with zero attached hydrogens (tertiary/aromatic N) is 1. The molecule has 2 amide bonds. The molecule has 256 valence electrons. The number of carbonyl (C=O) groups excluding carboxylic acids is 4. The van der Waals surface area contributed by atoms with Crippen molar-refractivity contribution in [1.82, 2.24) is 15.5 Å². The summed E-state index contributed by atoms with van der Waals surface area (Å²) >= 11 is 0. The number of aliphatic hydroxyl groups excluding tert-OH is 1. The minimum absolute atomic E-state index is 0. The Balaban J connectivity index is 0.0000106. The van der Waals surface area contributed by atoms with Gasteiger partial charge in [-0.2, -0.15) is 0 Å². The normalized spacial score (nSPS) is 12.4. The van der Waals surface area contributed by atoms with Crippen molar-refractivity contribution >= 4 is 40.7 Å². The number of aliphatic hydroxyl groups is 1. The molecule has 46 heavy (non-hydrogen) atoms. The van der Waals surface area contributed by atoms with Crippen LogP contribution >= 0.6 is 17.0 Å². The Labute approximate surface area is 284 Å². The molecular formula is C35H52BrN3O7. The molecule has 2 aromatic carbocycles. The fourth-order valence-corrected chi connectivity index (χ4v) is 3.87. The van der Waals surface area contributed by atoms with E-state index in [1.54, 1.807) is 76.8 Å². The molecule has 0 heterocycles. The minimum atomic E-state index is -1.01. The van der Waals surface area contributed by atoms with Crippen molar-refractivity contribution in [1.29, 1.82) is 0 Å². The number of carbonyl (C=O) groups is 4. The maximum Gasteiger partial charge on any atom is 0.316 e. The van der Waals surface area contributed by atoms with E-state index in [4.69, 9.17) is 9.47 Å². The second-order valence-corrected chi connectivity index (χ2v) is 14.0. The van der Waals surface area contributed by atoms with E-state index >= 15 is 0 Å². The maximum absolute atomic E-state index is 13.0. The molecule has 0 fully saturated rings. The van der Waals surface area contributed by atoms with Gasteiger partial charge in [0.05, 0.1) is 23.5 Å². The molecule has 0 aliphatic rings. The van der Waals surface area contributed by atoms with Crippen LogP contribution in [0.15, 0.2) is 48.5 Å². The zero-order valence-electron chi connectivity index (χ0n) is 28.7. The average molecular weight is 707 g/mol. The predicted molar refractivity (Wildman–Crippen MR) is 184 cm³/mol. The first-order valence-electron chi connectivity index (χ1n) is 15.5. The van der Waals surface area contributed by atoms with Crippen LogP contribution in [0.25, 0.3) is 0 Å². The van der Waals surface area contributed by atoms with Crippen molar-refractivity contribution in [3.05, 3.63) is 59.7 Å². The lowest BCUT2D eigenvalue weighted by molar-refractivity contribution is -0.145. The molecule has 2 aromatic rings. The van der Waals surface area contributed by atoms with Crippen LogP contribution in [0.5, 0.6) is 11.5 Å².